The van der Waals surface area contributed by atoms with Gasteiger partial charge in [0.2, 0.25) is 0 Å². The Labute approximate surface area is 243 Å². The predicted molar refractivity (Wildman–Crippen MR) is 161 cm³/mol. The van der Waals surface area contributed by atoms with Crippen LogP contribution in [0, 0.1) is 0 Å². The highest BCUT2D eigenvalue weighted by atomic mass is 79.9. The van der Waals surface area contributed by atoms with Crippen molar-refractivity contribution in [3.8, 4) is 11.1 Å². The van der Waals surface area contributed by atoms with Crippen LogP contribution in [-0.4, -0.2) is 49.7 Å². The van der Waals surface area contributed by atoms with Crippen molar-refractivity contribution in [3.63, 3.8) is 0 Å². The van der Waals surface area contributed by atoms with Crippen molar-refractivity contribution < 1.29 is 18.9 Å². The average molecular weight is 630 g/mol. The van der Waals surface area contributed by atoms with Crippen molar-refractivity contribution in [1.29, 1.82) is 0 Å². The molecule has 1 amide bonds. The zero-order valence-corrected chi connectivity index (χ0v) is 24.7. The fourth-order valence-corrected chi connectivity index (χ4v) is 4.89. The van der Waals surface area contributed by atoms with Gasteiger partial charge in [0.05, 0.1) is 29.1 Å². The fourth-order valence-electron chi connectivity index (χ4n) is 3.44. The van der Waals surface area contributed by atoms with Gasteiger partial charge in [0.15, 0.2) is 11.0 Å². The lowest BCUT2D eigenvalue weighted by Gasteiger charge is -2.24. The Kier molecular flexibility index (Phi) is 11.8. The number of aliphatic carboxylic acids is 1. The van der Waals surface area contributed by atoms with E-state index in [0.717, 1.165) is 15.7 Å². The number of aromatic nitrogens is 2. The molecule has 0 spiro atoms. The van der Waals surface area contributed by atoms with E-state index >= 15 is 0 Å². The third-order valence-electron chi connectivity index (χ3n) is 5.39. The minimum absolute atomic E-state index is 0.279. The van der Waals surface area contributed by atoms with Gasteiger partial charge in [0, 0.05) is 16.2 Å². The first-order valence-corrected chi connectivity index (χ1v) is 15.2. The first-order chi connectivity index (χ1) is 18.8. The lowest BCUT2D eigenvalue weighted by molar-refractivity contribution is -0.135. The zero-order valence-electron chi connectivity index (χ0n) is 21.5. The molecule has 1 aromatic heterocycles. The molecule has 0 bridgehead atoms. The highest BCUT2D eigenvalue weighted by Crippen LogP contribution is 2.31. The number of amides is 1. The summed E-state index contributed by atoms with van der Waals surface area (Å²) in [6, 6.07) is 21.6. The van der Waals surface area contributed by atoms with Gasteiger partial charge in [-0.3, -0.25) is 13.9 Å². The summed E-state index contributed by atoms with van der Waals surface area (Å²) in [5.74, 6) is -0.404. The van der Waals surface area contributed by atoms with Gasteiger partial charge in [-0.25, -0.2) is 9.19 Å². The average Bonchev–Trinajstić information content (AvgIpc) is 3.48. The van der Waals surface area contributed by atoms with Crippen molar-refractivity contribution in [2.24, 2.45) is 0 Å². The number of carbonyl (C=O) groups excluding carboxylic acids is 1. The summed E-state index contributed by atoms with van der Waals surface area (Å²) in [5.41, 5.74) is 3.06. The third kappa shape index (κ3) is 8.81. The second-order valence-corrected chi connectivity index (χ2v) is 11.5. The molecule has 4 rings (SSSR count). The number of carbonyl (C=O) groups is 2. The van der Waals surface area contributed by atoms with E-state index in [0.29, 0.717) is 21.7 Å². The van der Waals surface area contributed by atoms with E-state index in [9.17, 15) is 13.8 Å². The second kappa shape index (κ2) is 15.2. The quantitative estimate of drug-likeness (QED) is 0.206. The van der Waals surface area contributed by atoms with Crippen LogP contribution in [0.25, 0.3) is 11.1 Å². The van der Waals surface area contributed by atoms with Crippen molar-refractivity contribution in [1.82, 2.24) is 15.3 Å². The maximum Gasteiger partial charge on any atom is 0.322 e. The lowest BCUT2D eigenvalue weighted by Crippen LogP contribution is -2.30. The van der Waals surface area contributed by atoms with Crippen LogP contribution >= 0.6 is 27.7 Å². The number of aromatic amines is 1. The summed E-state index contributed by atoms with van der Waals surface area (Å²) >= 11 is 5.26. The number of anilines is 1. The number of imidazole rings is 1. The summed E-state index contributed by atoms with van der Waals surface area (Å²) in [5, 5.41) is 11.4. The number of hydrogen-bond donors (Lipinski definition) is 3. The minimum Gasteiger partial charge on any atom is -0.480 e. The van der Waals surface area contributed by atoms with Gasteiger partial charge in [-0.2, -0.15) is 11.8 Å². The van der Waals surface area contributed by atoms with E-state index in [4.69, 9.17) is 5.11 Å². The number of H-pyrrole nitrogens is 1. The Morgan fingerprint density at radius 2 is 1.79 bits per heavy atom. The molecule has 0 saturated heterocycles. The molecule has 0 aliphatic carbocycles. The molecule has 0 aliphatic rings. The van der Waals surface area contributed by atoms with Crippen molar-refractivity contribution >= 4 is 56.2 Å². The summed E-state index contributed by atoms with van der Waals surface area (Å²) in [6.45, 7) is 1.93. The molecular formula is C28H29BrN4O4S2. The summed E-state index contributed by atoms with van der Waals surface area (Å²) < 4.78 is 16.3. The van der Waals surface area contributed by atoms with Gasteiger partial charge in [-0.15, -0.1) is 0 Å². The van der Waals surface area contributed by atoms with E-state index in [-0.39, 0.29) is 6.54 Å². The Balaban J connectivity index is 0.000000983. The number of carboxylic acid groups (broad SMARTS) is 1. The molecule has 1 heterocycles. The lowest BCUT2D eigenvalue weighted by atomic mass is 9.98. The molecule has 0 fully saturated rings. The normalized spacial score (nSPS) is 11.2. The molecule has 3 aromatic carbocycles. The van der Waals surface area contributed by atoms with E-state index < -0.39 is 29.4 Å². The summed E-state index contributed by atoms with van der Waals surface area (Å²) in [6.07, 6.45) is 5.32. The van der Waals surface area contributed by atoms with E-state index in [1.54, 1.807) is 47.2 Å². The smallest absolute Gasteiger partial charge is 0.322 e. The van der Waals surface area contributed by atoms with Crippen LogP contribution in [0.3, 0.4) is 0 Å². The Bertz CT molecular complexity index is 1380. The van der Waals surface area contributed by atoms with Crippen LogP contribution in [0.15, 0.2) is 94.7 Å². The molecule has 204 valence electrons. The number of hydrogen-bond acceptors (Lipinski definition) is 5. The van der Waals surface area contributed by atoms with Crippen LogP contribution in [0.4, 0.5) is 5.69 Å². The Hall–Kier alpha value is -3.41. The number of thioether (sulfide) groups is 1. The molecule has 39 heavy (non-hydrogen) atoms. The maximum atomic E-state index is 13.7. The molecule has 4 aromatic rings. The molecular weight excluding hydrogens is 600 g/mol. The number of carboxylic acids is 1. The molecule has 0 radical (unpaired) electrons. The number of nitrogens with zero attached hydrogens (tertiary/aromatic N) is 2. The second-order valence-electron chi connectivity index (χ2n) is 8.07. The van der Waals surface area contributed by atoms with Gasteiger partial charge >= 0.3 is 5.97 Å². The van der Waals surface area contributed by atoms with Crippen LogP contribution in [0.1, 0.15) is 23.0 Å². The first-order valence-electron chi connectivity index (χ1n) is 11.9. The van der Waals surface area contributed by atoms with Crippen LogP contribution < -0.4 is 9.62 Å². The number of nitrogens with one attached hydrogen (secondary N) is 2. The van der Waals surface area contributed by atoms with E-state index in [1.807, 2.05) is 54.2 Å². The maximum absolute atomic E-state index is 13.7. The standard InChI is InChI=1S/C25H21BrN4O4S.C3H8S/c26-18-6-9-21(10-7-18)35(34)30(15-19-13-27-16-29-19)20-8-11-22(25(33)28-14-24(31)32)23(12-20)17-4-2-1-3-5-17;1-3-4-2/h1-13,16H,14-15H2,(H,27,29)(H,28,33)(H,31,32);3H2,1-2H3. The highest BCUT2D eigenvalue weighted by molar-refractivity contribution is 9.10. The largest absolute Gasteiger partial charge is 0.480 e. The molecule has 11 heteroatoms. The molecule has 3 N–H and O–H groups in total. The Morgan fingerprint density at radius 1 is 1.10 bits per heavy atom. The van der Waals surface area contributed by atoms with Crippen LogP contribution in [-0.2, 0) is 22.3 Å². The summed E-state index contributed by atoms with van der Waals surface area (Å²) in [4.78, 5) is 31.5. The van der Waals surface area contributed by atoms with Gasteiger partial charge < -0.3 is 15.4 Å². The molecule has 1 unspecified atom stereocenters. The number of halogens is 1. The minimum atomic E-state index is -1.57. The topological polar surface area (TPSA) is 115 Å². The SMILES string of the molecule is CCSC.O=C(O)CNC(=O)c1ccc(N(Cc2cnc[nH]2)S(=O)c2ccc(Br)cc2)cc1-c1ccccc1. The predicted octanol–water partition coefficient (Wildman–Crippen LogP) is 5.75. The zero-order chi connectivity index (χ0) is 28.2. The molecule has 8 nitrogen and oxygen atoms in total. The van der Waals surface area contributed by atoms with Gasteiger partial charge in [-0.1, -0.05) is 53.2 Å². The monoisotopic (exact) mass is 628 g/mol. The van der Waals surface area contributed by atoms with Gasteiger partial charge in [-0.05, 0) is 65.6 Å². The molecule has 0 saturated carbocycles. The van der Waals surface area contributed by atoms with Gasteiger partial charge in [0.25, 0.3) is 5.91 Å². The first kappa shape index (κ1) is 30.1. The summed E-state index contributed by atoms with van der Waals surface area (Å²) in [7, 11) is -1.57. The number of rotatable bonds is 10. The van der Waals surface area contributed by atoms with Crippen molar-refractivity contribution in [3.05, 3.63) is 101 Å². The fraction of sp³-hybridized carbons (Fsp3) is 0.179. The number of benzene rings is 3. The van der Waals surface area contributed by atoms with Crippen molar-refractivity contribution in [2.75, 3.05) is 22.9 Å². The molecule has 1 atom stereocenters. The van der Waals surface area contributed by atoms with E-state index in [2.05, 4.69) is 44.4 Å². The molecule has 0 aliphatic heterocycles. The Morgan fingerprint density at radius 3 is 2.38 bits per heavy atom. The van der Waals surface area contributed by atoms with Crippen molar-refractivity contribution in [2.45, 2.75) is 18.4 Å². The van der Waals surface area contributed by atoms with E-state index in [1.165, 1.54) is 5.75 Å². The van der Waals surface area contributed by atoms with Crippen LogP contribution in [0.5, 0.6) is 0 Å². The third-order valence-corrected chi connectivity index (χ3v) is 7.92. The van der Waals surface area contributed by atoms with Gasteiger partial charge in [0.1, 0.15) is 6.54 Å². The highest BCUT2D eigenvalue weighted by Gasteiger charge is 2.21. The van der Waals surface area contributed by atoms with Crippen LogP contribution in [0.2, 0.25) is 0 Å².